The van der Waals surface area contributed by atoms with Crippen LogP contribution >= 0.6 is 0 Å². The summed E-state index contributed by atoms with van der Waals surface area (Å²) in [6.45, 7) is 6.13. The fourth-order valence-electron chi connectivity index (χ4n) is 2.14. The highest BCUT2D eigenvalue weighted by atomic mass is 16.4. The highest BCUT2D eigenvalue weighted by molar-refractivity contribution is 5.91. The van der Waals surface area contributed by atoms with E-state index in [4.69, 9.17) is 10.8 Å². The number of aromatic hydroxyl groups is 1. The van der Waals surface area contributed by atoms with E-state index in [1.807, 2.05) is 6.92 Å². The molecule has 0 aromatic heterocycles. The zero-order valence-corrected chi connectivity index (χ0v) is 11.8. The minimum absolute atomic E-state index is 0.0437. The van der Waals surface area contributed by atoms with Gasteiger partial charge in [-0.2, -0.15) is 0 Å². The number of carbonyl (C=O) groups is 1. The molecule has 4 nitrogen and oxygen atoms in total. The Morgan fingerprint density at radius 3 is 2.58 bits per heavy atom. The second kappa shape index (κ2) is 6.06. The van der Waals surface area contributed by atoms with E-state index in [0.29, 0.717) is 0 Å². The molecule has 106 valence electrons. The van der Waals surface area contributed by atoms with Crippen molar-refractivity contribution in [2.75, 3.05) is 0 Å². The number of aromatic carboxylic acids is 1. The fraction of sp³-hybridized carbons (Fsp3) is 0.533. The highest BCUT2D eigenvalue weighted by Gasteiger charge is 2.22. The summed E-state index contributed by atoms with van der Waals surface area (Å²) in [5.41, 5.74) is 6.48. The molecule has 0 heterocycles. The van der Waals surface area contributed by atoms with Crippen molar-refractivity contribution in [1.82, 2.24) is 0 Å². The number of nitrogens with two attached hydrogens (primary N) is 1. The first-order chi connectivity index (χ1) is 8.74. The molecule has 0 fully saturated rings. The highest BCUT2D eigenvalue weighted by Crippen LogP contribution is 2.32. The van der Waals surface area contributed by atoms with Crippen LogP contribution in [0.3, 0.4) is 0 Å². The van der Waals surface area contributed by atoms with Crippen LogP contribution in [-0.4, -0.2) is 22.2 Å². The molecule has 4 heteroatoms. The quantitative estimate of drug-likeness (QED) is 0.738. The van der Waals surface area contributed by atoms with Crippen LogP contribution in [0.1, 0.15) is 56.0 Å². The second-order valence-corrected chi connectivity index (χ2v) is 5.79. The largest absolute Gasteiger partial charge is 0.507 e. The molecule has 1 unspecified atom stereocenters. The third-order valence-corrected chi connectivity index (χ3v) is 3.47. The lowest BCUT2D eigenvalue weighted by Crippen LogP contribution is -2.20. The van der Waals surface area contributed by atoms with Gasteiger partial charge in [-0.05, 0) is 42.9 Å². The smallest absolute Gasteiger partial charge is 0.339 e. The average Bonchev–Trinajstić information content (AvgIpc) is 2.27. The third-order valence-electron chi connectivity index (χ3n) is 3.47. The lowest BCUT2D eigenvalue weighted by atomic mass is 9.79. The van der Waals surface area contributed by atoms with Crippen molar-refractivity contribution in [3.05, 3.63) is 29.3 Å². The lowest BCUT2D eigenvalue weighted by Gasteiger charge is -2.26. The average molecular weight is 265 g/mol. The Kier molecular flexibility index (Phi) is 4.95. The summed E-state index contributed by atoms with van der Waals surface area (Å²) in [7, 11) is 0. The van der Waals surface area contributed by atoms with E-state index >= 15 is 0 Å². The Hall–Kier alpha value is -1.55. The normalized spacial score (nSPS) is 13.3. The van der Waals surface area contributed by atoms with E-state index < -0.39 is 5.97 Å². The second-order valence-electron chi connectivity index (χ2n) is 5.79. The van der Waals surface area contributed by atoms with Gasteiger partial charge in [-0.3, -0.25) is 0 Å². The van der Waals surface area contributed by atoms with E-state index in [1.165, 1.54) is 6.07 Å². The number of benzene rings is 1. The van der Waals surface area contributed by atoms with Crippen LogP contribution in [0, 0.1) is 0 Å². The van der Waals surface area contributed by atoms with E-state index in [9.17, 15) is 9.90 Å². The number of hydrogen-bond acceptors (Lipinski definition) is 3. The summed E-state index contributed by atoms with van der Waals surface area (Å²) in [5.74, 6) is -1.30. The van der Waals surface area contributed by atoms with Crippen molar-refractivity contribution >= 4 is 5.97 Å². The number of rotatable bonds is 6. The van der Waals surface area contributed by atoms with Gasteiger partial charge in [0.1, 0.15) is 11.3 Å². The zero-order valence-electron chi connectivity index (χ0n) is 11.8. The number of hydrogen-bond donors (Lipinski definition) is 3. The summed E-state index contributed by atoms with van der Waals surface area (Å²) >= 11 is 0. The van der Waals surface area contributed by atoms with Crippen molar-refractivity contribution in [2.24, 2.45) is 5.73 Å². The molecule has 1 aromatic rings. The molecule has 0 radical (unpaired) electrons. The standard InChI is InChI=1S/C15H23NO3/c1-10(16)5-4-8-15(2,3)11-6-7-13(17)12(9-11)14(18)19/h6-7,9-10,17H,4-5,8,16H2,1-3H3,(H,18,19). The molecule has 0 aliphatic rings. The van der Waals surface area contributed by atoms with Gasteiger partial charge in [0.15, 0.2) is 0 Å². The molecule has 4 N–H and O–H groups in total. The Morgan fingerprint density at radius 2 is 2.05 bits per heavy atom. The lowest BCUT2D eigenvalue weighted by molar-refractivity contribution is 0.0693. The SMILES string of the molecule is CC(N)CCCC(C)(C)c1ccc(O)c(C(=O)O)c1. The fourth-order valence-corrected chi connectivity index (χ4v) is 2.14. The Morgan fingerprint density at radius 1 is 1.42 bits per heavy atom. The minimum Gasteiger partial charge on any atom is -0.507 e. The van der Waals surface area contributed by atoms with E-state index in [-0.39, 0.29) is 22.8 Å². The monoisotopic (exact) mass is 265 g/mol. The first kappa shape index (κ1) is 15.5. The van der Waals surface area contributed by atoms with E-state index in [2.05, 4.69) is 13.8 Å². The summed E-state index contributed by atoms with van der Waals surface area (Å²) in [4.78, 5) is 11.0. The first-order valence-electron chi connectivity index (χ1n) is 6.56. The molecular formula is C15H23NO3. The predicted molar refractivity (Wildman–Crippen MR) is 75.6 cm³/mol. The van der Waals surface area contributed by atoms with Crippen molar-refractivity contribution in [2.45, 2.75) is 51.5 Å². The maximum atomic E-state index is 11.0. The molecule has 0 aliphatic carbocycles. The Labute approximate surface area is 114 Å². The summed E-state index contributed by atoms with van der Waals surface area (Å²) < 4.78 is 0. The third kappa shape index (κ3) is 4.24. The van der Waals surface area contributed by atoms with Crippen molar-refractivity contribution in [3.63, 3.8) is 0 Å². The van der Waals surface area contributed by atoms with Crippen LogP contribution in [0.4, 0.5) is 0 Å². The molecule has 1 atom stereocenters. The van der Waals surface area contributed by atoms with E-state index in [0.717, 1.165) is 24.8 Å². The predicted octanol–water partition coefficient (Wildman–Crippen LogP) is 2.89. The van der Waals surface area contributed by atoms with Crippen molar-refractivity contribution in [1.29, 1.82) is 0 Å². The van der Waals surface area contributed by atoms with Gasteiger partial charge in [0.25, 0.3) is 0 Å². The first-order valence-corrected chi connectivity index (χ1v) is 6.56. The molecule has 1 rings (SSSR count). The van der Waals surface area contributed by atoms with Gasteiger partial charge in [-0.25, -0.2) is 4.79 Å². The van der Waals surface area contributed by atoms with Crippen LogP contribution in [0.2, 0.25) is 0 Å². The number of carboxylic acids is 1. The molecular weight excluding hydrogens is 242 g/mol. The Bertz CT molecular complexity index is 453. The molecule has 0 amide bonds. The van der Waals surface area contributed by atoms with Crippen LogP contribution in [0.5, 0.6) is 5.75 Å². The zero-order chi connectivity index (χ0) is 14.6. The van der Waals surface area contributed by atoms with Gasteiger partial charge in [0.05, 0.1) is 0 Å². The van der Waals surface area contributed by atoms with Gasteiger partial charge in [0, 0.05) is 6.04 Å². The molecule has 0 bridgehead atoms. The van der Waals surface area contributed by atoms with Gasteiger partial charge in [0.2, 0.25) is 0 Å². The number of phenols is 1. The molecule has 0 spiro atoms. The molecule has 0 aliphatic heterocycles. The molecule has 19 heavy (non-hydrogen) atoms. The van der Waals surface area contributed by atoms with Crippen LogP contribution in [0.15, 0.2) is 18.2 Å². The van der Waals surface area contributed by atoms with Crippen molar-refractivity contribution in [3.8, 4) is 5.75 Å². The maximum Gasteiger partial charge on any atom is 0.339 e. The van der Waals surface area contributed by atoms with Gasteiger partial charge in [-0.15, -0.1) is 0 Å². The van der Waals surface area contributed by atoms with Gasteiger partial charge in [-0.1, -0.05) is 26.3 Å². The molecule has 0 saturated carbocycles. The van der Waals surface area contributed by atoms with E-state index in [1.54, 1.807) is 12.1 Å². The van der Waals surface area contributed by atoms with Crippen LogP contribution in [-0.2, 0) is 5.41 Å². The maximum absolute atomic E-state index is 11.0. The topological polar surface area (TPSA) is 83.5 Å². The summed E-state index contributed by atoms with van der Waals surface area (Å²) in [6.07, 6.45) is 2.87. The van der Waals surface area contributed by atoms with Crippen LogP contribution < -0.4 is 5.73 Å². The van der Waals surface area contributed by atoms with Gasteiger partial charge < -0.3 is 15.9 Å². The van der Waals surface area contributed by atoms with Crippen LogP contribution in [0.25, 0.3) is 0 Å². The van der Waals surface area contributed by atoms with Crippen molar-refractivity contribution < 1.29 is 15.0 Å². The van der Waals surface area contributed by atoms with Gasteiger partial charge >= 0.3 is 5.97 Å². The summed E-state index contributed by atoms with van der Waals surface area (Å²) in [5, 5.41) is 18.6. The molecule has 1 aromatic carbocycles. The number of carboxylic acid groups (broad SMARTS) is 1. The summed E-state index contributed by atoms with van der Waals surface area (Å²) in [6, 6.07) is 4.98. The minimum atomic E-state index is -1.11. The Balaban J connectivity index is 2.88. The molecule has 0 saturated heterocycles.